The molecule has 1 N–H and O–H groups in total. The van der Waals surface area contributed by atoms with Gasteiger partial charge in [-0.1, -0.05) is 54.4 Å². The molecule has 0 radical (unpaired) electrons. The van der Waals surface area contributed by atoms with E-state index in [0.29, 0.717) is 37.1 Å². The molecule has 2 atom stereocenters. The van der Waals surface area contributed by atoms with Crippen molar-refractivity contribution in [1.29, 1.82) is 0 Å². The Bertz CT molecular complexity index is 1200. The van der Waals surface area contributed by atoms with E-state index in [4.69, 9.17) is 35.8 Å². The third kappa shape index (κ3) is 4.17. The van der Waals surface area contributed by atoms with Gasteiger partial charge in [0.15, 0.2) is 6.17 Å². The maximum atomic E-state index is 14.2. The van der Waals surface area contributed by atoms with Crippen LogP contribution in [0.4, 0.5) is 0 Å². The van der Waals surface area contributed by atoms with Crippen molar-refractivity contribution in [3.63, 3.8) is 0 Å². The van der Waals surface area contributed by atoms with Crippen LogP contribution in [0.1, 0.15) is 37.8 Å². The Morgan fingerprint density at radius 3 is 1.97 bits per heavy atom. The molecule has 2 aromatic rings. The fourth-order valence-corrected chi connectivity index (χ4v) is 4.94. The van der Waals surface area contributed by atoms with Crippen molar-refractivity contribution in [1.82, 2.24) is 10.2 Å². The molecule has 2 aromatic carbocycles. The quantitative estimate of drug-likeness (QED) is 0.287. The summed E-state index contributed by atoms with van der Waals surface area (Å²) in [4.78, 5) is 29.3. The topological polar surface area (TPSA) is 49.4 Å². The smallest absolute Gasteiger partial charge is 0.265 e. The molecule has 2 heterocycles. The van der Waals surface area contributed by atoms with Gasteiger partial charge in [-0.2, -0.15) is 0 Å². The van der Waals surface area contributed by atoms with Gasteiger partial charge >= 0.3 is 0 Å². The number of carbonyl (C=O) groups excluding carboxylic acids is 2. The summed E-state index contributed by atoms with van der Waals surface area (Å²) in [5.41, 5.74) is 3.40. The van der Waals surface area contributed by atoms with Crippen molar-refractivity contribution in [2.24, 2.45) is 0 Å². The molecule has 34 heavy (non-hydrogen) atoms. The van der Waals surface area contributed by atoms with Gasteiger partial charge in [-0.25, -0.2) is 0 Å². The van der Waals surface area contributed by atoms with E-state index in [-0.39, 0.29) is 23.4 Å². The fourth-order valence-electron chi connectivity index (χ4n) is 4.53. The average Bonchev–Trinajstić information content (AvgIpc) is 3.28. The first kappa shape index (κ1) is 24.9. The molecular weight excluding hydrogens is 489 g/mol. The standard InChI is InChI=1S/C26H27Cl2N3O2S/c1-5-6-20(31(3,4)15(2)34)30-24(17-9-13-19(28)14-10-17)22-21(26(30)33)23(29-25(22)32)16-7-11-18(27)12-8-16/h7-15,20H,5-6H2,1-4H3,(H-,29,32,34)/p+1. The van der Waals surface area contributed by atoms with Crippen LogP contribution in [0, 0.1) is 0 Å². The average molecular weight is 518 g/mol. The molecule has 0 bridgehead atoms. The molecule has 2 aliphatic rings. The van der Waals surface area contributed by atoms with Gasteiger partial charge in [0, 0.05) is 16.5 Å². The van der Waals surface area contributed by atoms with Crippen LogP contribution in [-0.4, -0.2) is 46.8 Å². The third-order valence-electron chi connectivity index (χ3n) is 6.70. The van der Waals surface area contributed by atoms with E-state index in [9.17, 15) is 9.59 Å². The van der Waals surface area contributed by atoms with Crippen LogP contribution in [0.2, 0.25) is 10.0 Å². The van der Waals surface area contributed by atoms with Crippen LogP contribution in [0.25, 0.3) is 11.4 Å². The minimum atomic E-state index is -0.291. The molecule has 0 saturated heterocycles. The molecule has 8 heteroatoms. The Morgan fingerprint density at radius 1 is 0.941 bits per heavy atom. The first-order valence-electron chi connectivity index (χ1n) is 11.2. The summed E-state index contributed by atoms with van der Waals surface area (Å²) in [5.74, 6) is -0.484. The highest BCUT2D eigenvalue weighted by molar-refractivity contribution is 7.80. The van der Waals surface area contributed by atoms with Crippen molar-refractivity contribution in [2.45, 2.75) is 38.2 Å². The van der Waals surface area contributed by atoms with Crippen molar-refractivity contribution < 1.29 is 14.1 Å². The lowest BCUT2D eigenvalue weighted by atomic mass is 10.0. The van der Waals surface area contributed by atoms with E-state index in [1.807, 2.05) is 31.2 Å². The Morgan fingerprint density at radius 2 is 1.47 bits per heavy atom. The van der Waals surface area contributed by atoms with E-state index in [1.54, 1.807) is 29.2 Å². The molecule has 0 aliphatic carbocycles. The first-order chi connectivity index (χ1) is 16.1. The predicted molar refractivity (Wildman–Crippen MR) is 141 cm³/mol. The number of amides is 2. The van der Waals surface area contributed by atoms with Gasteiger partial charge in [-0.15, -0.1) is 12.6 Å². The van der Waals surface area contributed by atoms with E-state index in [1.165, 1.54) is 0 Å². The van der Waals surface area contributed by atoms with Crippen molar-refractivity contribution >= 4 is 59.0 Å². The van der Waals surface area contributed by atoms with Gasteiger partial charge in [-0.3, -0.25) is 19.0 Å². The van der Waals surface area contributed by atoms with Gasteiger partial charge in [0.2, 0.25) is 0 Å². The van der Waals surface area contributed by atoms with Gasteiger partial charge in [0.1, 0.15) is 5.37 Å². The highest BCUT2D eigenvalue weighted by Gasteiger charge is 2.51. The molecule has 0 aromatic heterocycles. The number of carbonyl (C=O) groups is 2. The van der Waals surface area contributed by atoms with Crippen LogP contribution in [0.15, 0.2) is 59.7 Å². The van der Waals surface area contributed by atoms with Gasteiger partial charge < -0.3 is 5.32 Å². The molecule has 2 unspecified atom stereocenters. The molecule has 178 valence electrons. The van der Waals surface area contributed by atoms with E-state index in [2.05, 4.69) is 26.3 Å². The maximum absolute atomic E-state index is 14.2. The van der Waals surface area contributed by atoms with Crippen molar-refractivity contribution in [2.75, 3.05) is 14.1 Å². The van der Waals surface area contributed by atoms with Gasteiger partial charge in [-0.05, 0) is 48.7 Å². The molecular formula is C26H28Cl2N3O2S+. The minimum Gasteiger partial charge on any atom is -0.321 e. The summed E-state index contributed by atoms with van der Waals surface area (Å²) in [5, 5.41) is 4.06. The van der Waals surface area contributed by atoms with Crippen LogP contribution < -0.4 is 5.32 Å². The van der Waals surface area contributed by atoms with Gasteiger partial charge in [0.25, 0.3) is 11.8 Å². The largest absolute Gasteiger partial charge is 0.321 e. The number of thiol groups is 1. The third-order valence-corrected chi connectivity index (χ3v) is 7.80. The molecule has 4 rings (SSSR count). The number of fused-ring (bicyclic) bond motifs is 1. The number of benzene rings is 2. The highest BCUT2D eigenvalue weighted by atomic mass is 35.5. The summed E-state index contributed by atoms with van der Waals surface area (Å²) < 4.78 is 0.470. The number of nitrogens with one attached hydrogen (secondary N) is 1. The van der Waals surface area contributed by atoms with Crippen LogP contribution >= 0.6 is 35.8 Å². The van der Waals surface area contributed by atoms with Crippen molar-refractivity contribution in [3.05, 3.63) is 80.8 Å². The van der Waals surface area contributed by atoms with E-state index in [0.717, 1.165) is 24.0 Å². The number of nitrogens with zero attached hydrogens (tertiary/aromatic N) is 2. The maximum Gasteiger partial charge on any atom is 0.265 e. The Balaban J connectivity index is 1.99. The fraction of sp³-hybridized carbons (Fsp3) is 0.308. The Kier molecular flexibility index (Phi) is 6.89. The zero-order valence-corrected chi connectivity index (χ0v) is 22.0. The van der Waals surface area contributed by atoms with E-state index >= 15 is 0 Å². The zero-order chi connectivity index (χ0) is 24.8. The SMILES string of the molecule is CCCC(N1C(=O)C2=C(c3ccc(Cl)cc3)NC(=O)C2=C1c1ccc(Cl)cc1)[N+](C)(C)C(C)S. The van der Waals surface area contributed by atoms with Crippen LogP contribution in [0.3, 0.4) is 0 Å². The molecule has 0 fully saturated rings. The number of hydrogen-bond donors (Lipinski definition) is 2. The van der Waals surface area contributed by atoms with Gasteiger partial charge in [0.05, 0.1) is 36.6 Å². The second kappa shape index (κ2) is 9.42. The lowest BCUT2D eigenvalue weighted by Gasteiger charge is -2.45. The number of rotatable bonds is 7. The second-order valence-electron chi connectivity index (χ2n) is 9.15. The molecule has 2 aliphatic heterocycles. The summed E-state index contributed by atoms with van der Waals surface area (Å²) in [7, 11) is 4.14. The lowest BCUT2D eigenvalue weighted by Crippen LogP contribution is -2.60. The number of quaternary nitrogens is 1. The summed E-state index contributed by atoms with van der Waals surface area (Å²) in [6.07, 6.45) is 1.40. The summed E-state index contributed by atoms with van der Waals surface area (Å²) in [6.45, 7) is 4.12. The summed E-state index contributed by atoms with van der Waals surface area (Å²) >= 11 is 17.0. The predicted octanol–water partition coefficient (Wildman–Crippen LogP) is 5.57. The molecule has 0 spiro atoms. The normalized spacial score (nSPS) is 17.9. The molecule has 0 saturated carbocycles. The second-order valence-corrected chi connectivity index (χ2v) is 10.8. The summed E-state index contributed by atoms with van der Waals surface area (Å²) in [6, 6.07) is 14.4. The highest BCUT2D eigenvalue weighted by Crippen LogP contribution is 2.45. The first-order valence-corrected chi connectivity index (χ1v) is 12.5. The number of hydrogen-bond acceptors (Lipinski definition) is 3. The lowest BCUT2D eigenvalue weighted by molar-refractivity contribution is -0.931. The van der Waals surface area contributed by atoms with Crippen LogP contribution in [-0.2, 0) is 9.59 Å². The number of halogens is 2. The Labute approximate surface area is 216 Å². The van der Waals surface area contributed by atoms with E-state index < -0.39 is 0 Å². The zero-order valence-electron chi connectivity index (χ0n) is 19.6. The molecule has 5 nitrogen and oxygen atoms in total. The molecule has 2 amide bonds. The monoisotopic (exact) mass is 516 g/mol. The van der Waals surface area contributed by atoms with Crippen molar-refractivity contribution in [3.8, 4) is 0 Å². The van der Waals surface area contributed by atoms with Crippen LogP contribution in [0.5, 0.6) is 0 Å². The minimum absolute atomic E-state index is 0.0419. The Hall–Kier alpha value is -2.25.